The average Bonchev–Trinajstić information content (AvgIpc) is 1.49. The lowest BCUT2D eigenvalue weighted by Gasteiger charge is -1.94. The van der Waals surface area contributed by atoms with E-state index in [4.69, 9.17) is 21.4 Å². The second kappa shape index (κ2) is 3.95. The van der Waals surface area contributed by atoms with Gasteiger partial charge in [-0.05, 0) is 12.5 Å². The molecule has 0 radical (unpaired) electrons. The van der Waals surface area contributed by atoms with Crippen LogP contribution >= 0.6 is 21.4 Å². The van der Waals surface area contributed by atoms with Crippen molar-refractivity contribution in [2.24, 2.45) is 0 Å². The Bertz CT molecular complexity index is 377. The summed E-state index contributed by atoms with van der Waals surface area (Å²) in [6.07, 6.45) is 0. The van der Waals surface area contributed by atoms with Gasteiger partial charge in [0.05, 0.1) is 5.75 Å². The SMILES string of the molecule is C/C(=C/S(=O)(=O)Cl)CS(=O)(=O)Cl. The van der Waals surface area contributed by atoms with Crippen LogP contribution in [-0.4, -0.2) is 22.6 Å². The summed E-state index contributed by atoms with van der Waals surface area (Å²) in [5.74, 6) is -0.527. The van der Waals surface area contributed by atoms with Gasteiger partial charge in [-0.25, -0.2) is 16.8 Å². The monoisotopic (exact) mass is 252 g/mol. The van der Waals surface area contributed by atoms with Crippen molar-refractivity contribution in [2.75, 3.05) is 5.75 Å². The van der Waals surface area contributed by atoms with Crippen molar-refractivity contribution < 1.29 is 16.8 Å². The third-order valence-electron chi connectivity index (χ3n) is 0.742. The highest BCUT2D eigenvalue weighted by Crippen LogP contribution is 2.08. The van der Waals surface area contributed by atoms with Gasteiger partial charge in [0.15, 0.2) is 0 Å². The first-order valence-electron chi connectivity index (χ1n) is 2.64. The molecule has 0 unspecified atom stereocenters. The van der Waals surface area contributed by atoms with Crippen molar-refractivity contribution in [1.82, 2.24) is 0 Å². The van der Waals surface area contributed by atoms with Gasteiger partial charge in [0.25, 0.3) is 9.05 Å². The van der Waals surface area contributed by atoms with Gasteiger partial charge < -0.3 is 0 Å². The Morgan fingerprint density at radius 2 is 1.67 bits per heavy atom. The molecule has 12 heavy (non-hydrogen) atoms. The molecule has 72 valence electrons. The summed E-state index contributed by atoms with van der Waals surface area (Å²) in [5.41, 5.74) is 0.0694. The van der Waals surface area contributed by atoms with Crippen molar-refractivity contribution in [2.45, 2.75) is 6.92 Å². The van der Waals surface area contributed by atoms with Gasteiger partial charge in [0, 0.05) is 26.8 Å². The summed E-state index contributed by atoms with van der Waals surface area (Å²) in [5, 5.41) is 0.647. The molecule has 0 amide bonds. The highest BCUT2D eigenvalue weighted by Gasteiger charge is 2.08. The van der Waals surface area contributed by atoms with Crippen LogP contribution in [0.5, 0.6) is 0 Å². The molecule has 8 heteroatoms. The van der Waals surface area contributed by atoms with Gasteiger partial charge in [-0.2, -0.15) is 0 Å². The van der Waals surface area contributed by atoms with Crippen LogP contribution in [0.3, 0.4) is 0 Å². The molecule has 0 aliphatic heterocycles. The van der Waals surface area contributed by atoms with E-state index in [1.807, 2.05) is 0 Å². The molecule has 0 aromatic carbocycles. The van der Waals surface area contributed by atoms with Gasteiger partial charge in [0.2, 0.25) is 9.05 Å². The standard InChI is InChI=1S/C4H6Cl2O4S2/c1-4(2-11(5,7)8)3-12(6,9)10/h2H,3H2,1H3/b4-2-. The molecule has 0 aromatic rings. The second-order valence-corrected chi connectivity index (χ2v) is 7.38. The highest BCUT2D eigenvalue weighted by molar-refractivity contribution is 8.16. The Balaban J connectivity index is 4.67. The van der Waals surface area contributed by atoms with Crippen molar-refractivity contribution in [3.05, 3.63) is 11.0 Å². The molecule has 0 aliphatic carbocycles. The van der Waals surface area contributed by atoms with Crippen LogP contribution in [0.4, 0.5) is 0 Å². The third kappa shape index (κ3) is 8.32. The fraction of sp³-hybridized carbons (Fsp3) is 0.500. The van der Waals surface area contributed by atoms with Crippen molar-refractivity contribution in [3.8, 4) is 0 Å². The quantitative estimate of drug-likeness (QED) is 0.704. The molecule has 0 aliphatic rings. The first-order valence-corrected chi connectivity index (χ1v) is 7.49. The minimum atomic E-state index is -3.81. The van der Waals surface area contributed by atoms with Crippen LogP contribution in [0, 0.1) is 0 Å². The first-order chi connectivity index (χ1) is 5.10. The molecule has 0 atom stereocenters. The van der Waals surface area contributed by atoms with Gasteiger partial charge in [0.1, 0.15) is 0 Å². The zero-order valence-electron chi connectivity index (χ0n) is 5.99. The van der Waals surface area contributed by atoms with Crippen molar-refractivity contribution in [3.63, 3.8) is 0 Å². The Morgan fingerprint density at radius 1 is 1.25 bits per heavy atom. The first kappa shape index (κ1) is 12.2. The molecule has 0 aromatic heterocycles. The molecule has 0 heterocycles. The van der Waals surface area contributed by atoms with E-state index in [9.17, 15) is 16.8 Å². The van der Waals surface area contributed by atoms with E-state index in [1.165, 1.54) is 6.92 Å². The smallest absolute Gasteiger partial charge is 0.212 e. The summed E-state index contributed by atoms with van der Waals surface area (Å²) >= 11 is 0. The maximum absolute atomic E-state index is 10.4. The molecule has 0 rings (SSSR count). The van der Waals surface area contributed by atoms with Crippen molar-refractivity contribution in [1.29, 1.82) is 0 Å². The summed E-state index contributed by atoms with van der Waals surface area (Å²) in [4.78, 5) is 0. The van der Waals surface area contributed by atoms with Crippen LogP contribution in [0.2, 0.25) is 0 Å². The molecule has 0 saturated carbocycles. The van der Waals surface area contributed by atoms with Crippen LogP contribution in [0.15, 0.2) is 11.0 Å². The third-order valence-corrected chi connectivity index (χ3v) is 2.82. The summed E-state index contributed by atoms with van der Waals surface area (Å²) < 4.78 is 41.6. The Hall–Kier alpha value is 0.220. The zero-order chi connectivity index (χ0) is 9.99. The van der Waals surface area contributed by atoms with Crippen molar-refractivity contribution >= 4 is 39.5 Å². The zero-order valence-corrected chi connectivity index (χ0v) is 9.13. The molecule has 4 nitrogen and oxygen atoms in total. The minimum Gasteiger partial charge on any atom is -0.212 e. The van der Waals surface area contributed by atoms with E-state index in [2.05, 4.69) is 0 Å². The molecule has 0 N–H and O–H groups in total. The van der Waals surface area contributed by atoms with E-state index in [1.54, 1.807) is 0 Å². The summed E-state index contributed by atoms with van der Waals surface area (Å²) in [6, 6.07) is 0. The lowest BCUT2D eigenvalue weighted by atomic mass is 10.4. The van der Waals surface area contributed by atoms with Gasteiger partial charge in [-0.3, -0.25) is 0 Å². The predicted octanol–water partition coefficient (Wildman–Crippen LogP) is 1.03. The molecule has 0 saturated heterocycles. The number of hydrogen-bond acceptors (Lipinski definition) is 4. The van der Waals surface area contributed by atoms with E-state index >= 15 is 0 Å². The lowest BCUT2D eigenvalue weighted by Crippen LogP contribution is -1.99. The van der Waals surface area contributed by atoms with Gasteiger partial charge in [-0.15, -0.1) is 0 Å². The van der Waals surface area contributed by atoms with E-state index in [0.29, 0.717) is 5.41 Å². The predicted molar refractivity (Wildman–Crippen MR) is 48.2 cm³/mol. The maximum Gasteiger partial charge on any atom is 0.254 e. The van der Waals surface area contributed by atoms with Crippen LogP contribution in [-0.2, 0) is 18.1 Å². The number of rotatable bonds is 3. The lowest BCUT2D eigenvalue weighted by molar-refractivity contribution is 0.611. The Kier molecular flexibility index (Phi) is 4.02. The number of hydrogen-bond donors (Lipinski definition) is 0. The number of halogens is 2. The maximum atomic E-state index is 10.4. The Morgan fingerprint density at radius 3 is 1.92 bits per heavy atom. The fourth-order valence-electron chi connectivity index (χ4n) is 0.546. The summed E-state index contributed by atoms with van der Waals surface area (Å²) in [7, 11) is 2.14. The molecule has 0 bridgehead atoms. The van der Waals surface area contributed by atoms with E-state index < -0.39 is 23.9 Å². The van der Waals surface area contributed by atoms with Gasteiger partial charge >= 0.3 is 0 Å². The molecule has 0 spiro atoms. The topological polar surface area (TPSA) is 68.3 Å². The molecular formula is C4H6Cl2O4S2. The molecule has 0 fully saturated rings. The van der Waals surface area contributed by atoms with E-state index in [-0.39, 0.29) is 5.57 Å². The fourth-order valence-corrected chi connectivity index (χ4v) is 2.82. The minimum absolute atomic E-state index is 0.0694. The second-order valence-electron chi connectivity index (χ2n) is 2.12. The van der Waals surface area contributed by atoms with E-state index in [0.717, 1.165) is 0 Å². The largest absolute Gasteiger partial charge is 0.254 e. The van der Waals surface area contributed by atoms with Gasteiger partial charge in [-0.1, -0.05) is 0 Å². The summed E-state index contributed by atoms with van der Waals surface area (Å²) in [6.45, 7) is 1.31. The van der Waals surface area contributed by atoms with Crippen LogP contribution in [0.25, 0.3) is 0 Å². The highest BCUT2D eigenvalue weighted by atomic mass is 35.7. The average molecular weight is 253 g/mol. The molecular weight excluding hydrogens is 247 g/mol. The normalized spacial score (nSPS) is 14.8. The van der Waals surface area contributed by atoms with Crippen LogP contribution in [0.1, 0.15) is 6.92 Å². The van der Waals surface area contributed by atoms with Crippen LogP contribution < -0.4 is 0 Å². The Labute approximate surface area is 80.0 Å².